The molecule has 1 aromatic carbocycles. The Labute approximate surface area is 79.4 Å². The quantitative estimate of drug-likeness (QED) is 0.733. The fraction of sp³-hybridized carbons (Fsp3) is 0.455. The smallest absolute Gasteiger partial charge is 0.0376 e. The van der Waals surface area contributed by atoms with Crippen LogP contribution in [0.2, 0.25) is 0 Å². The zero-order valence-electron chi connectivity index (χ0n) is 8.06. The molecule has 2 N–H and O–H groups in total. The van der Waals surface area contributed by atoms with Crippen molar-refractivity contribution in [2.75, 3.05) is 18.4 Å². The SMILES string of the molecule is CCNCc1ccc2c(c1)NCC2. The molecule has 0 atom stereocenters. The minimum absolute atomic E-state index is 0.978. The normalized spacial score (nSPS) is 13.9. The second-order valence-corrected chi connectivity index (χ2v) is 3.45. The van der Waals surface area contributed by atoms with Gasteiger partial charge in [-0.15, -0.1) is 0 Å². The molecule has 1 heterocycles. The number of rotatable bonds is 3. The summed E-state index contributed by atoms with van der Waals surface area (Å²) in [6.07, 6.45) is 1.18. The van der Waals surface area contributed by atoms with Crippen molar-refractivity contribution in [1.29, 1.82) is 0 Å². The summed E-state index contributed by atoms with van der Waals surface area (Å²) in [5, 5.41) is 6.72. The third-order valence-electron chi connectivity index (χ3n) is 2.46. The van der Waals surface area contributed by atoms with Crippen molar-refractivity contribution in [2.24, 2.45) is 0 Å². The summed E-state index contributed by atoms with van der Waals surface area (Å²) < 4.78 is 0. The van der Waals surface area contributed by atoms with Crippen molar-refractivity contribution in [3.8, 4) is 0 Å². The number of benzene rings is 1. The van der Waals surface area contributed by atoms with Crippen molar-refractivity contribution in [1.82, 2.24) is 5.32 Å². The van der Waals surface area contributed by atoms with Gasteiger partial charge >= 0.3 is 0 Å². The number of hydrogen-bond acceptors (Lipinski definition) is 2. The second kappa shape index (κ2) is 3.79. The van der Waals surface area contributed by atoms with Crippen molar-refractivity contribution in [3.63, 3.8) is 0 Å². The van der Waals surface area contributed by atoms with Gasteiger partial charge in [-0.1, -0.05) is 19.1 Å². The summed E-state index contributed by atoms with van der Waals surface area (Å²) in [7, 11) is 0. The predicted molar refractivity (Wildman–Crippen MR) is 56.0 cm³/mol. The van der Waals surface area contributed by atoms with Gasteiger partial charge in [-0.25, -0.2) is 0 Å². The lowest BCUT2D eigenvalue weighted by Crippen LogP contribution is -2.11. The van der Waals surface area contributed by atoms with E-state index in [4.69, 9.17) is 0 Å². The van der Waals surface area contributed by atoms with Crippen LogP contribution < -0.4 is 10.6 Å². The molecule has 1 aliphatic rings. The predicted octanol–water partition coefficient (Wildman–Crippen LogP) is 1.76. The Bertz CT molecular complexity index is 294. The molecule has 13 heavy (non-hydrogen) atoms. The molecule has 0 aromatic heterocycles. The van der Waals surface area contributed by atoms with Gasteiger partial charge in [0.25, 0.3) is 0 Å². The molecule has 0 radical (unpaired) electrons. The average molecular weight is 176 g/mol. The lowest BCUT2D eigenvalue weighted by Gasteiger charge is -2.05. The van der Waals surface area contributed by atoms with Crippen LogP contribution in [-0.4, -0.2) is 13.1 Å². The Hall–Kier alpha value is -1.02. The van der Waals surface area contributed by atoms with Crippen LogP contribution in [0, 0.1) is 0 Å². The van der Waals surface area contributed by atoms with Gasteiger partial charge in [-0.3, -0.25) is 0 Å². The summed E-state index contributed by atoms with van der Waals surface area (Å²) in [4.78, 5) is 0. The summed E-state index contributed by atoms with van der Waals surface area (Å²) in [6, 6.07) is 6.71. The molecular weight excluding hydrogens is 160 g/mol. The summed E-state index contributed by atoms with van der Waals surface area (Å²) in [5.74, 6) is 0. The molecule has 1 aliphatic heterocycles. The Kier molecular flexibility index (Phi) is 2.50. The van der Waals surface area contributed by atoms with Crippen LogP contribution in [0.5, 0.6) is 0 Å². The fourth-order valence-electron chi connectivity index (χ4n) is 1.72. The van der Waals surface area contributed by atoms with Crippen LogP contribution in [0.15, 0.2) is 18.2 Å². The molecule has 0 unspecified atom stereocenters. The van der Waals surface area contributed by atoms with Crippen molar-refractivity contribution in [3.05, 3.63) is 29.3 Å². The lowest BCUT2D eigenvalue weighted by molar-refractivity contribution is 0.727. The molecule has 1 aromatic rings. The van der Waals surface area contributed by atoms with Crippen LogP contribution in [0.4, 0.5) is 5.69 Å². The van der Waals surface area contributed by atoms with E-state index in [0.29, 0.717) is 0 Å². The molecule has 2 heteroatoms. The van der Waals surface area contributed by atoms with Crippen LogP contribution in [0.1, 0.15) is 18.1 Å². The Balaban J connectivity index is 2.12. The molecule has 0 bridgehead atoms. The molecule has 0 spiro atoms. The van der Waals surface area contributed by atoms with Crippen LogP contribution in [0.25, 0.3) is 0 Å². The number of anilines is 1. The van der Waals surface area contributed by atoms with Crippen LogP contribution in [0.3, 0.4) is 0 Å². The molecule has 70 valence electrons. The molecule has 0 aliphatic carbocycles. The van der Waals surface area contributed by atoms with Crippen LogP contribution in [-0.2, 0) is 13.0 Å². The van der Waals surface area contributed by atoms with Crippen molar-refractivity contribution < 1.29 is 0 Å². The maximum atomic E-state index is 3.39. The van der Waals surface area contributed by atoms with E-state index in [0.717, 1.165) is 19.6 Å². The number of hydrogen-bond donors (Lipinski definition) is 2. The molecule has 2 nitrogen and oxygen atoms in total. The first-order valence-electron chi connectivity index (χ1n) is 4.96. The first kappa shape index (κ1) is 8.57. The summed E-state index contributed by atoms with van der Waals surface area (Å²) in [6.45, 7) is 5.24. The zero-order chi connectivity index (χ0) is 9.10. The number of nitrogens with one attached hydrogen (secondary N) is 2. The van der Waals surface area contributed by atoms with E-state index in [-0.39, 0.29) is 0 Å². The third kappa shape index (κ3) is 1.83. The van der Waals surface area contributed by atoms with E-state index in [2.05, 4.69) is 35.8 Å². The Morgan fingerprint density at radius 1 is 1.46 bits per heavy atom. The van der Waals surface area contributed by atoms with E-state index in [1.165, 1.54) is 23.2 Å². The Morgan fingerprint density at radius 3 is 3.23 bits per heavy atom. The lowest BCUT2D eigenvalue weighted by atomic mass is 10.1. The highest BCUT2D eigenvalue weighted by atomic mass is 14.9. The van der Waals surface area contributed by atoms with Gasteiger partial charge in [0.05, 0.1) is 0 Å². The standard InChI is InChI=1S/C11H16N2/c1-2-12-8-9-3-4-10-5-6-13-11(10)7-9/h3-4,7,12-13H,2,5-6,8H2,1H3. The van der Waals surface area contributed by atoms with E-state index in [1.54, 1.807) is 0 Å². The highest BCUT2D eigenvalue weighted by Crippen LogP contribution is 2.22. The topological polar surface area (TPSA) is 24.1 Å². The monoisotopic (exact) mass is 176 g/mol. The molecule has 0 saturated carbocycles. The van der Waals surface area contributed by atoms with E-state index in [1.807, 2.05) is 0 Å². The highest BCUT2D eigenvalue weighted by molar-refractivity contribution is 5.56. The molecule has 0 fully saturated rings. The Morgan fingerprint density at radius 2 is 2.38 bits per heavy atom. The number of fused-ring (bicyclic) bond motifs is 1. The highest BCUT2D eigenvalue weighted by Gasteiger charge is 2.08. The first-order chi connectivity index (χ1) is 6.40. The van der Waals surface area contributed by atoms with Gasteiger partial charge in [0.15, 0.2) is 0 Å². The minimum atomic E-state index is 0.978. The largest absolute Gasteiger partial charge is 0.384 e. The minimum Gasteiger partial charge on any atom is -0.384 e. The fourth-order valence-corrected chi connectivity index (χ4v) is 1.72. The van der Waals surface area contributed by atoms with Crippen molar-refractivity contribution >= 4 is 5.69 Å². The average Bonchev–Trinajstić information content (AvgIpc) is 2.61. The third-order valence-corrected chi connectivity index (χ3v) is 2.46. The van der Waals surface area contributed by atoms with E-state index in [9.17, 15) is 0 Å². The van der Waals surface area contributed by atoms with Gasteiger partial charge < -0.3 is 10.6 Å². The molecular formula is C11H16N2. The molecule has 0 amide bonds. The maximum absolute atomic E-state index is 3.39. The van der Waals surface area contributed by atoms with Crippen molar-refractivity contribution in [2.45, 2.75) is 19.9 Å². The van der Waals surface area contributed by atoms with E-state index < -0.39 is 0 Å². The van der Waals surface area contributed by atoms with E-state index >= 15 is 0 Å². The van der Waals surface area contributed by atoms with Crippen LogP contribution >= 0.6 is 0 Å². The zero-order valence-corrected chi connectivity index (χ0v) is 8.06. The summed E-state index contributed by atoms with van der Waals surface area (Å²) >= 11 is 0. The maximum Gasteiger partial charge on any atom is 0.0376 e. The molecule has 2 rings (SSSR count). The van der Waals surface area contributed by atoms with Gasteiger partial charge in [0.2, 0.25) is 0 Å². The van der Waals surface area contributed by atoms with Gasteiger partial charge in [-0.2, -0.15) is 0 Å². The first-order valence-corrected chi connectivity index (χ1v) is 4.96. The molecule has 0 saturated heterocycles. The summed E-state index contributed by atoms with van der Waals surface area (Å²) in [5.41, 5.74) is 4.16. The van der Waals surface area contributed by atoms with Gasteiger partial charge in [-0.05, 0) is 30.2 Å². The van der Waals surface area contributed by atoms with Gasteiger partial charge in [0.1, 0.15) is 0 Å². The second-order valence-electron chi connectivity index (χ2n) is 3.45. The van der Waals surface area contributed by atoms with Gasteiger partial charge in [0, 0.05) is 18.8 Å².